The maximum atomic E-state index is 5.46. The number of ether oxygens (including phenoxy) is 1. The molecule has 2 N–H and O–H groups in total. The van der Waals surface area contributed by atoms with Gasteiger partial charge in [0.2, 0.25) is 0 Å². The molecule has 0 atom stereocenters. The second kappa shape index (κ2) is 10.1. The Bertz CT molecular complexity index is 924. The fourth-order valence-electron chi connectivity index (χ4n) is 4.18. The van der Waals surface area contributed by atoms with Crippen molar-refractivity contribution in [3.8, 4) is 11.3 Å². The second-order valence-electron chi connectivity index (χ2n) is 7.59. The molecule has 0 radical (unpaired) electrons. The van der Waals surface area contributed by atoms with Crippen LogP contribution in [0.5, 0.6) is 0 Å². The molecule has 0 amide bonds. The number of nitrogens with zero attached hydrogens (tertiary/aromatic N) is 3. The zero-order valence-electron chi connectivity index (χ0n) is 18.2. The molecule has 5 rings (SSSR count). The number of aromatic amines is 1. The average Bonchev–Trinajstić information content (AvgIpc) is 3.24. The van der Waals surface area contributed by atoms with E-state index in [0.717, 1.165) is 70.2 Å². The number of H-pyrrole nitrogens is 1. The number of hydrogen-bond donors (Lipinski definition) is 2. The van der Waals surface area contributed by atoms with Gasteiger partial charge in [-0.3, -0.25) is 9.88 Å². The summed E-state index contributed by atoms with van der Waals surface area (Å²) in [6.45, 7) is 12.8. The minimum Gasteiger partial charge on any atom is -0.379 e. The van der Waals surface area contributed by atoms with Crippen LogP contribution in [0.4, 0.5) is 5.69 Å². The molecule has 30 heavy (non-hydrogen) atoms. The zero-order valence-corrected chi connectivity index (χ0v) is 18.2. The van der Waals surface area contributed by atoms with E-state index < -0.39 is 0 Å². The maximum absolute atomic E-state index is 5.46. The predicted octanol–water partition coefficient (Wildman–Crippen LogP) is 3.50. The third-order valence-electron chi connectivity index (χ3n) is 5.72. The van der Waals surface area contributed by atoms with Crippen molar-refractivity contribution in [1.82, 2.24) is 20.2 Å². The lowest BCUT2D eigenvalue weighted by Gasteiger charge is -2.29. The van der Waals surface area contributed by atoms with E-state index in [9.17, 15) is 0 Å². The van der Waals surface area contributed by atoms with Gasteiger partial charge in [0.25, 0.3) is 0 Å². The van der Waals surface area contributed by atoms with Gasteiger partial charge in [-0.15, -0.1) is 0 Å². The molecule has 0 saturated carbocycles. The van der Waals surface area contributed by atoms with Crippen LogP contribution in [0.15, 0.2) is 42.6 Å². The molecule has 4 heterocycles. The Morgan fingerprint density at radius 3 is 2.43 bits per heavy atom. The van der Waals surface area contributed by atoms with Gasteiger partial charge in [0.1, 0.15) is 0 Å². The Morgan fingerprint density at radius 1 is 0.967 bits per heavy atom. The normalized spacial score (nSPS) is 17.6. The Hall–Kier alpha value is -2.41. The predicted molar refractivity (Wildman–Crippen MR) is 124 cm³/mol. The lowest BCUT2D eigenvalue weighted by molar-refractivity contribution is 0.0337. The van der Waals surface area contributed by atoms with Crippen LogP contribution in [0, 0.1) is 0 Å². The number of benzene rings is 1. The van der Waals surface area contributed by atoms with Gasteiger partial charge < -0.3 is 19.9 Å². The fraction of sp³-hybridized carbons (Fsp3) is 0.458. The standard InChI is InChI=1S/C22H27N5O.C2H6/c1-3-19(27-9-7-23-8-10-27)4-2-17(1)22-20-15-18(25-21(20)5-6-24-22)16-26-11-13-28-14-12-26;1-2/h1-6,15,23,25H,7-14,16H2;1-2H3. The van der Waals surface area contributed by atoms with Gasteiger partial charge in [0, 0.05) is 79.9 Å². The van der Waals surface area contributed by atoms with Crippen molar-refractivity contribution in [3.05, 3.63) is 48.3 Å². The SMILES string of the molecule is CC.c1cc2[nH]c(CN3CCOCC3)cc2c(-c2ccc(N3CCNCC3)cc2)n1. The van der Waals surface area contributed by atoms with Crippen LogP contribution in [0.3, 0.4) is 0 Å². The number of anilines is 1. The minimum absolute atomic E-state index is 0.826. The van der Waals surface area contributed by atoms with Crippen LogP contribution in [-0.4, -0.2) is 67.4 Å². The summed E-state index contributed by atoms with van der Waals surface area (Å²) in [4.78, 5) is 13.2. The molecule has 6 nitrogen and oxygen atoms in total. The van der Waals surface area contributed by atoms with Gasteiger partial charge in [-0.05, 0) is 24.3 Å². The first kappa shape index (κ1) is 20.8. The number of hydrogen-bond acceptors (Lipinski definition) is 5. The molecule has 6 heteroatoms. The van der Waals surface area contributed by atoms with E-state index >= 15 is 0 Å². The van der Waals surface area contributed by atoms with Gasteiger partial charge >= 0.3 is 0 Å². The van der Waals surface area contributed by atoms with Crippen LogP contribution in [0.2, 0.25) is 0 Å². The summed E-state index contributed by atoms with van der Waals surface area (Å²) in [5.41, 5.74) is 5.90. The van der Waals surface area contributed by atoms with Gasteiger partial charge in [-0.2, -0.15) is 0 Å². The van der Waals surface area contributed by atoms with Gasteiger partial charge in [0.15, 0.2) is 0 Å². The van der Waals surface area contributed by atoms with E-state index in [4.69, 9.17) is 9.72 Å². The average molecular weight is 408 g/mol. The highest BCUT2D eigenvalue weighted by atomic mass is 16.5. The highest BCUT2D eigenvalue weighted by Gasteiger charge is 2.15. The van der Waals surface area contributed by atoms with Crippen LogP contribution in [0.1, 0.15) is 19.5 Å². The highest BCUT2D eigenvalue weighted by Crippen LogP contribution is 2.29. The molecule has 2 fully saturated rings. The van der Waals surface area contributed by atoms with E-state index in [0.29, 0.717) is 0 Å². The van der Waals surface area contributed by atoms with Crippen LogP contribution < -0.4 is 10.2 Å². The summed E-state index contributed by atoms with van der Waals surface area (Å²) >= 11 is 0. The quantitative estimate of drug-likeness (QED) is 0.693. The van der Waals surface area contributed by atoms with Crippen molar-refractivity contribution in [2.24, 2.45) is 0 Å². The topological polar surface area (TPSA) is 56.4 Å². The molecular formula is C24H33N5O. The van der Waals surface area contributed by atoms with E-state index in [1.54, 1.807) is 0 Å². The molecule has 0 bridgehead atoms. The van der Waals surface area contributed by atoms with Gasteiger partial charge in [0.05, 0.1) is 18.9 Å². The van der Waals surface area contributed by atoms with Crippen LogP contribution in [-0.2, 0) is 11.3 Å². The first-order valence-electron chi connectivity index (χ1n) is 11.2. The monoisotopic (exact) mass is 407 g/mol. The summed E-state index contributed by atoms with van der Waals surface area (Å²) in [5.74, 6) is 0. The Kier molecular flexibility index (Phi) is 7.00. The number of morpholine rings is 1. The molecule has 0 unspecified atom stereocenters. The summed E-state index contributed by atoms with van der Waals surface area (Å²) in [5, 5.41) is 4.60. The zero-order chi connectivity index (χ0) is 20.8. The Labute approximate surface area is 179 Å². The molecule has 2 aliphatic rings. The number of rotatable bonds is 4. The minimum atomic E-state index is 0.826. The van der Waals surface area contributed by atoms with E-state index in [1.807, 2.05) is 20.0 Å². The summed E-state index contributed by atoms with van der Waals surface area (Å²) < 4.78 is 5.46. The number of pyridine rings is 1. The lowest BCUT2D eigenvalue weighted by atomic mass is 10.1. The van der Waals surface area contributed by atoms with Crippen molar-refractivity contribution in [3.63, 3.8) is 0 Å². The van der Waals surface area contributed by atoms with E-state index in [-0.39, 0.29) is 0 Å². The molecule has 2 aromatic heterocycles. The molecule has 2 saturated heterocycles. The van der Waals surface area contributed by atoms with Gasteiger partial charge in [-0.25, -0.2) is 0 Å². The van der Waals surface area contributed by atoms with Crippen molar-refractivity contribution >= 4 is 16.6 Å². The van der Waals surface area contributed by atoms with Crippen molar-refractivity contribution in [2.75, 3.05) is 57.4 Å². The fourth-order valence-corrected chi connectivity index (χ4v) is 4.18. The molecular weight excluding hydrogens is 374 g/mol. The highest BCUT2D eigenvalue weighted by molar-refractivity contribution is 5.93. The molecule has 160 valence electrons. The first-order chi connectivity index (χ1) is 14.9. The molecule has 0 aliphatic carbocycles. The summed E-state index contributed by atoms with van der Waals surface area (Å²) in [6, 6.07) is 13.2. The van der Waals surface area contributed by atoms with Crippen molar-refractivity contribution in [1.29, 1.82) is 0 Å². The smallest absolute Gasteiger partial charge is 0.0795 e. The number of fused-ring (bicyclic) bond motifs is 1. The third kappa shape index (κ3) is 4.67. The molecule has 0 spiro atoms. The number of nitrogens with one attached hydrogen (secondary N) is 2. The van der Waals surface area contributed by atoms with Crippen LogP contribution in [0.25, 0.3) is 22.2 Å². The molecule has 1 aromatic carbocycles. The van der Waals surface area contributed by atoms with E-state index in [1.165, 1.54) is 22.3 Å². The maximum Gasteiger partial charge on any atom is 0.0795 e. The van der Waals surface area contributed by atoms with E-state index in [2.05, 4.69) is 56.5 Å². The number of aromatic nitrogens is 2. The summed E-state index contributed by atoms with van der Waals surface area (Å²) in [6.07, 6.45) is 1.90. The van der Waals surface area contributed by atoms with Crippen LogP contribution >= 0.6 is 0 Å². The molecule has 2 aliphatic heterocycles. The second-order valence-corrected chi connectivity index (χ2v) is 7.59. The largest absolute Gasteiger partial charge is 0.379 e. The molecule has 3 aromatic rings. The lowest BCUT2D eigenvalue weighted by Crippen LogP contribution is -2.43. The Balaban J connectivity index is 0.00000106. The first-order valence-corrected chi connectivity index (χ1v) is 11.2. The van der Waals surface area contributed by atoms with Crippen molar-refractivity contribution in [2.45, 2.75) is 20.4 Å². The van der Waals surface area contributed by atoms with Gasteiger partial charge in [-0.1, -0.05) is 26.0 Å². The number of piperazine rings is 1. The Morgan fingerprint density at radius 2 is 1.70 bits per heavy atom. The third-order valence-corrected chi connectivity index (χ3v) is 5.72. The van der Waals surface area contributed by atoms with Crippen molar-refractivity contribution < 1.29 is 4.74 Å². The summed E-state index contributed by atoms with van der Waals surface area (Å²) in [7, 11) is 0.